The van der Waals surface area contributed by atoms with E-state index < -0.39 is 108 Å². The average Bonchev–Trinajstić information content (AvgIpc) is 1.80. The van der Waals surface area contributed by atoms with Crippen LogP contribution in [0.25, 0.3) is 0 Å². The van der Waals surface area contributed by atoms with E-state index in [2.05, 4.69) is 15.5 Å². The van der Waals surface area contributed by atoms with Crippen LogP contribution in [-0.2, 0) is 59.2 Å². The Morgan fingerprint density at radius 3 is 1.90 bits per heavy atom. The van der Waals surface area contributed by atoms with Crippen molar-refractivity contribution in [1.29, 1.82) is 0 Å². The Balaban J connectivity index is 1.20. The van der Waals surface area contributed by atoms with Crippen molar-refractivity contribution in [3.05, 3.63) is 77.9 Å². The summed E-state index contributed by atoms with van der Waals surface area (Å²) in [4.78, 5) is 132. The topological polar surface area (TPSA) is 242 Å². The number of ether oxygens (including phenoxy) is 3. The summed E-state index contributed by atoms with van der Waals surface area (Å²) in [6.07, 6.45) is 0.865. The van der Waals surface area contributed by atoms with Crippen LogP contribution in [0.1, 0.15) is 189 Å². The number of methoxy groups -OCH3 is 2. The molecular formula is C76H116F3N7O13. The predicted octanol–water partition coefficient (Wildman–Crippen LogP) is 11.6. The maximum absolute atomic E-state index is 14.9. The second kappa shape index (κ2) is 40.3. The van der Waals surface area contributed by atoms with E-state index in [0.29, 0.717) is 69.3 Å². The van der Waals surface area contributed by atoms with E-state index in [4.69, 9.17) is 14.2 Å². The number of aliphatic hydroxyl groups excluding tert-OH is 1. The van der Waals surface area contributed by atoms with Crippen LogP contribution >= 0.6 is 0 Å². The maximum Gasteiger partial charge on any atom is 0.410 e. The van der Waals surface area contributed by atoms with E-state index in [1.165, 1.54) is 19.1 Å². The normalized spacial score (nSPS) is 19.1. The molecule has 5 rings (SSSR count). The molecule has 6 amide bonds. The number of hydrogen-bond acceptors (Lipinski definition) is 15. The minimum Gasteiger partial charge on any atom is -0.445 e. The third-order valence-electron chi connectivity index (χ3n) is 20.7. The summed E-state index contributed by atoms with van der Waals surface area (Å²) < 4.78 is 61.7. The van der Waals surface area contributed by atoms with Gasteiger partial charge in [0.25, 0.3) is 11.8 Å². The van der Waals surface area contributed by atoms with Gasteiger partial charge in [-0.15, -0.1) is 0 Å². The minimum atomic E-state index is -4.68. The lowest BCUT2D eigenvalue weighted by atomic mass is 9.83. The number of likely N-dealkylation sites (N-methyl/N-ethyl adjacent to an activating group) is 2. The molecule has 0 aromatic heterocycles. The Morgan fingerprint density at radius 2 is 1.32 bits per heavy atom. The number of carbonyl (C=O) groups excluding carboxylic acids is 9. The Kier molecular flexibility index (Phi) is 33.9. The van der Waals surface area contributed by atoms with E-state index in [-0.39, 0.29) is 98.7 Å². The molecule has 13 atom stereocenters. The fraction of sp³-hybridized carbons (Fsp3) is 0.697. The number of imide groups is 1. The van der Waals surface area contributed by atoms with Crippen molar-refractivity contribution < 1.29 is 75.6 Å². The van der Waals surface area contributed by atoms with Crippen LogP contribution < -0.4 is 10.6 Å². The molecule has 0 radical (unpaired) electrons. The molecule has 99 heavy (non-hydrogen) atoms. The number of benzene rings is 2. The standard InChI is InChI=1S/C76H116F3N7O13/c1-15-51(8)70(63(97-13)46-67(92)85-42-26-30-59(85)72(98-14)53(10)60(87)43-52(9)71(93)55-27-19-16-20-28-55)82(11)74(95)58(48(2)3)45-62(89)69(50(6)7)83(12)75(96)99-47-54-32-34-57(35-33-54)80-73(94)56(29-25-40-84-38-22-18-23-39-84)44-61(88)68(49(4)5)81-64(76(77,78)79)31-21-17-24-41-86-65(90)36-37-66(86)91/h16,19-20,27-28,32-37,48-53,56,58-59,63-64,68-72,81,93H,15,17-18,21-26,29-31,38-47H2,1-14H3,(H,80,94). The number of aliphatic hydroxyl groups is 1. The van der Waals surface area contributed by atoms with Gasteiger partial charge < -0.3 is 44.2 Å². The van der Waals surface area contributed by atoms with Gasteiger partial charge in [0.2, 0.25) is 17.7 Å². The number of Topliss-reactive ketones (excluding diaryl/α,β-unsaturated/α-hetero) is 3. The van der Waals surface area contributed by atoms with Gasteiger partial charge in [-0.1, -0.05) is 137 Å². The van der Waals surface area contributed by atoms with Crippen molar-refractivity contribution in [2.45, 2.75) is 233 Å². The number of alkyl halides is 3. The van der Waals surface area contributed by atoms with Crippen molar-refractivity contribution >= 4 is 58.7 Å². The number of rotatable bonds is 42. The third kappa shape index (κ3) is 24.4. The molecule has 0 saturated carbocycles. The molecule has 2 aromatic carbocycles. The summed E-state index contributed by atoms with van der Waals surface area (Å²) in [5.74, 6) is -6.78. The van der Waals surface area contributed by atoms with Crippen molar-refractivity contribution in [2.24, 2.45) is 47.3 Å². The lowest BCUT2D eigenvalue weighted by Gasteiger charge is -2.41. The van der Waals surface area contributed by atoms with E-state index in [9.17, 15) is 61.4 Å². The molecular weight excluding hydrogens is 1280 g/mol. The van der Waals surface area contributed by atoms with Gasteiger partial charge in [-0.05, 0) is 124 Å². The first-order valence-electron chi connectivity index (χ1n) is 36.2. The van der Waals surface area contributed by atoms with Crippen molar-refractivity contribution in [3.63, 3.8) is 0 Å². The first kappa shape index (κ1) is 83.3. The number of nitrogens with zero attached hydrogens (tertiary/aromatic N) is 5. The largest absolute Gasteiger partial charge is 0.445 e. The Bertz CT molecular complexity index is 2940. The highest BCUT2D eigenvalue weighted by molar-refractivity contribution is 6.12. The molecule has 3 aliphatic rings. The molecule has 2 aromatic rings. The number of likely N-dealkylation sites (tertiary alicyclic amines) is 2. The smallest absolute Gasteiger partial charge is 0.410 e. The molecule has 2 fully saturated rings. The number of anilines is 1. The van der Waals surface area contributed by atoms with Crippen molar-refractivity contribution in [2.75, 3.05) is 66.4 Å². The van der Waals surface area contributed by atoms with Gasteiger partial charge in [0, 0.05) is 96.3 Å². The maximum atomic E-state index is 14.9. The zero-order chi connectivity index (χ0) is 73.4. The van der Waals surface area contributed by atoms with Crippen molar-refractivity contribution in [3.8, 4) is 0 Å². The number of nitrogens with one attached hydrogen (secondary N) is 2. The first-order valence-corrected chi connectivity index (χ1v) is 36.2. The summed E-state index contributed by atoms with van der Waals surface area (Å²) >= 11 is 0. The SMILES string of the molecule is CCC(C)C(C(CC(=O)N1CCCC1C(OC)C(C)C(=O)CC(C)C(O)c1ccccc1)OC)N(C)C(=O)C(CC(=O)C(C(C)C)N(C)C(=O)OCc1ccc(NC(=O)C(CCCN2CCCCC2)CC(=O)C(NC(CCCCCN2C(=O)C=CC2=O)C(F)(F)F)C(C)C)cc1)C(C)C. The van der Waals surface area contributed by atoms with Crippen LogP contribution in [0.5, 0.6) is 0 Å². The number of amides is 6. The fourth-order valence-electron chi connectivity index (χ4n) is 14.6. The fourth-order valence-corrected chi connectivity index (χ4v) is 14.6. The van der Waals surface area contributed by atoms with E-state index in [1.807, 2.05) is 85.7 Å². The van der Waals surface area contributed by atoms with Gasteiger partial charge in [-0.3, -0.25) is 48.6 Å². The second-order valence-corrected chi connectivity index (χ2v) is 29.1. The molecule has 23 heteroatoms. The van der Waals surface area contributed by atoms with Crippen LogP contribution in [0.3, 0.4) is 0 Å². The summed E-state index contributed by atoms with van der Waals surface area (Å²) in [5.41, 5.74) is 1.67. The molecule has 13 unspecified atom stereocenters. The van der Waals surface area contributed by atoms with Gasteiger partial charge in [-0.2, -0.15) is 13.2 Å². The molecule has 0 spiro atoms. The lowest BCUT2D eigenvalue weighted by Crippen LogP contribution is -2.54. The molecule has 0 bridgehead atoms. The number of ketones is 3. The summed E-state index contributed by atoms with van der Waals surface area (Å²) in [7, 11) is 6.23. The molecule has 2 saturated heterocycles. The minimum absolute atomic E-state index is 0.0588. The van der Waals surface area contributed by atoms with E-state index in [1.54, 1.807) is 62.1 Å². The van der Waals surface area contributed by atoms with Crippen molar-refractivity contribution in [1.82, 2.24) is 29.8 Å². The van der Waals surface area contributed by atoms with Gasteiger partial charge in [0.1, 0.15) is 18.4 Å². The first-order chi connectivity index (χ1) is 46.8. The molecule has 20 nitrogen and oxygen atoms in total. The van der Waals surface area contributed by atoms with Crippen LogP contribution in [0, 0.1) is 47.3 Å². The zero-order valence-corrected chi connectivity index (χ0v) is 61.4. The Labute approximate surface area is 586 Å². The van der Waals surface area contributed by atoms with Gasteiger partial charge >= 0.3 is 12.3 Å². The van der Waals surface area contributed by atoms with E-state index >= 15 is 0 Å². The molecule has 3 N–H and O–H groups in total. The van der Waals surface area contributed by atoms with E-state index in [0.717, 1.165) is 55.0 Å². The number of carbonyl (C=O) groups is 9. The van der Waals surface area contributed by atoms with Gasteiger partial charge in [0.15, 0.2) is 11.6 Å². The zero-order valence-electron chi connectivity index (χ0n) is 61.4. The Morgan fingerprint density at radius 1 is 0.677 bits per heavy atom. The molecule has 554 valence electrons. The van der Waals surface area contributed by atoms with Crippen LogP contribution in [0.15, 0.2) is 66.7 Å². The van der Waals surface area contributed by atoms with Crippen LogP contribution in [0.4, 0.5) is 23.7 Å². The number of halogens is 3. The quantitative estimate of drug-likeness (QED) is 0.0413. The number of hydrogen-bond donors (Lipinski definition) is 3. The van der Waals surface area contributed by atoms with Crippen LogP contribution in [0.2, 0.25) is 0 Å². The highest BCUT2D eigenvalue weighted by atomic mass is 19.4. The average molecular weight is 1390 g/mol. The summed E-state index contributed by atoms with van der Waals surface area (Å²) in [6.45, 7) is 21.2. The number of piperidine rings is 1. The Hall–Kier alpha value is -6.40. The molecule has 3 heterocycles. The highest BCUT2D eigenvalue weighted by Crippen LogP contribution is 2.34. The van der Waals surface area contributed by atoms with Gasteiger partial charge in [0.05, 0.1) is 48.9 Å². The van der Waals surface area contributed by atoms with Gasteiger partial charge in [-0.25, -0.2) is 4.79 Å². The lowest BCUT2D eigenvalue weighted by molar-refractivity contribution is -0.161. The van der Waals surface area contributed by atoms with Crippen LogP contribution in [-0.4, -0.2) is 192 Å². The number of unbranched alkanes of at least 4 members (excludes halogenated alkanes) is 2. The third-order valence-corrected chi connectivity index (χ3v) is 20.7. The second-order valence-electron chi connectivity index (χ2n) is 29.1. The monoisotopic (exact) mass is 1390 g/mol. The predicted molar refractivity (Wildman–Crippen MR) is 374 cm³/mol. The summed E-state index contributed by atoms with van der Waals surface area (Å²) in [5, 5.41) is 16.6. The molecule has 3 aliphatic heterocycles. The molecule has 0 aliphatic carbocycles. The summed E-state index contributed by atoms with van der Waals surface area (Å²) in [6, 6.07) is 10.6. The highest BCUT2D eigenvalue weighted by Gasteiger charge is 2.45.